The second-order valence-electron chi connectivity index (χ2n) is 5.16. The zero-order valence-corrected chi connectivity index (χ0v) is 8.94. The smallest absolute Gasteiger partial charge is 0.309 e. The lowest BCUT2D eigenvalue weighted by Gasteiger charge is -2.27. The number of rotatable bonds is 1. The minimum Gasteiger partial charge on any atom is -0.469 e. The van der Waals surface area contributed by atoms with Gasteiger partial charge >= 0.3 is 5.97 Å². The van der Waals surface area contributed by atoms with Gasteiger partial charge in [0.05, 0.1) is 13.0 Å². The fraction of sp³-hybridized carbons (Fsp3) is 0.833. The molecule has 0 heterocycles. The number of Topliss-reactive ketones (excluding diaryl/α,β-unsaturated/α-hetero) is 1. The Morgan fingerprint density at radius 3 is 2.80 bits per heavy atom. The standard InChI is InChI=1S/C12H16O3/c1-15-12(14)9-5-8-6-3-2-4-7(6)10(9)11(8)13/h6-10H,2-5H2,1H3/t6-,7+,8-,9+,10-/m0/s1. The van der Waals surface area contributed by atoms with Gasteiger partial charge in [0.2, 0.25) is 0 Å². The predicted molar refractivity (Wildman–Crippen MR) is 52.9 cm³/mol. The van der Waals surface area contributed by atoms with E-state index in [0.29, 0.717) is 17.6 Å². The SMILES string of the molecule is COC(=O)[C@@H]1C[C@@H]2C(=O)[C@H]1[C@@H]1CCC[C@@H]12. The molecule has 0 spiro atoms. The summed E-state index contributed by atoms with van der Waals surface area (Å²) >= 11 is 0. The normalized spacial score (nSPS) is 47.0. The molecule has 0 aromatic heterocycles. The molecule has 0 radical (unpaired) electrons. The van der Waals surface area contributed by atoms with E-state index in [1.54, 1.807) is 0 Å². The molecule has 0 saturated heterocycles. The van der Waals surface area contributed by atoms with Crippen molar-refractivity contribution in [2.45, 2.75) is 25.7 Å². The molecule has 5 atom stereocenters. The van der Waals surface area contributed by atoms with Crippen LogP contribution in [0.2, 0.25) is 0 Å². The summed E-state index contributed by atoms with van der Waals surface area (Å²) in [6.07, 6.45) is 4.34. The maximum Gasteiger partial charge on any atom is 0.309 e. The molecule has 0 N–H and O–H groups in total. The van der Waals surface area contributed by atoms with Crippen molar-refractivity contribution < 1.29 is 14.3 Å². The molecule has 3 aliphatic rings. The van der Waals surface area contributed by atoms with Crippen LogP contribution >= 0.6 is 0 Å². The van der Waals surface area contributed by atoms with E-state index in [2.05, 4.69) is 0 Å². The summed E-state index contributed by atoms with van der Waals surface area (Å²) in [6.45, 7) is 0. The molecule has 3 aliphatic carbocycles. The highest BCUT2D eigenvalue weighted by atomic mass is 16.5. The highest BCUT2D eigenvalue weighted by Gasteiger charge is 2.61. The van der Waals surface area contributed by atoms with Crippen LogP contribution in [0.1, 0.15) is 25.7 Å². The van der Waals surface area contributed by atoms with Crippen molar-refractivity contribution in [3.63, 3.8) is 0 Å². The van der Waals surface area contributed by atoms with Gasteiger partial charge in [0, 0.05) is 11.8 Å². The maximum absolute atomic E-state index is 12.0. The third kappa shape index (κ3) is 1.06. The minimum absolute atomic E-state index is 0.00921. The molecular weight excluding hydrogens is 192 g/mol. The van der Waals surface area contributed by atoms with Crippen LogP contribution < -0.4 is 0 Å². The average Bonchev–Trinajstić information content (AvgIpc) is 2.88. The van der Waals surface area contributed by atoms with Gasteiger partial charge in [-0.1, -0.05) is 6.42 Å². The summed E-state index contributed by atoms with van der Waals surface area (Å²) in [5, 5.41) is 0. The predicted octanol–water partition coefficient (Wildman–Crippen LogP) is 1.41. The fourth-order valence-corrected chi connectivity index (χ4v) is 4.23. The van der Waals surface area contributed by atoms with Gasteiger partial charge < -0.3 is 4.74 Å². The van der Waals surface area contributed by atoms with Crippen LogP contribution in [0.3, 0.4) is 0 Å². The first-order chi connectivity index (χ1) is 7.24. The van der Waals surface area contributed by atoms with E-state index in [1.807, 2.05) is 0 Å². The third-order valence-electron chi connectivity index (χ3n) is 4.74. The molecule has 15 heavy (non-hydrogen) atoms. The molecule has 0 aromatic rings. The molecule has 3 nitrogen and oxygen atoms in total. The second kappa shape index (κ2) is 3.06. The van der Waals surface area contributed by atoms with E-state index in [0.717, 1.165) is 12.8 Å². The van der Waals surface area contributed by atoms with Crippen molar-refractivity contribution in [3.05, 3.63) is 0 Å². The van der Waals surface area contributed by atoms with Crippen molar-refractivity contribution in [2.24, 2.45) is 29.6 Å². The molecule has 0 aliphatic heterocycles. The highest BCUT2D eigenvalue weighted by Crippen LogP contribution is 2.59. The molecule has 2 bridgehead atoms. The van der Waals surface area contributed by atoms with Crippen LogP contribution in [0.25, 0.3) is 0 Å². The third-order valence-corrected chi connectivity index (χ3v) is 4.74. The van der Waals surface area contributed by atoms with Crippen LogP contribution in [0, 0.1) is 29.6 Å². The van der Waals surface area contributed by atoms with Crippen LogP contribution in [0.15, 0.2) is 0 Å². The molecule has 3 fully saturated rings. The number of hydrogen-bond acceptors (Lipinski definition) is 3. The molecule has 0 amide bonds. The van der Waals surface area contributed by atoms with Gasteiger partial charge in [-0.15, -0.1) is 0 Å². The van der Waals surface area contributed by atoms with Gasteiger partial charge in [0.25, 0.3) is 0 Å². The summed E-state index contributed by atoms with van der Waals surface area (Å²) in [5.74, 6) is 1.37. The summed E-state index contributed by atoms with van der Waals surface area (Å²) in [7, 11) is 1.42. The Hall–Kier alpha value is -0.860. The van der Waals surface area contributed by atoms with Gasteiger partial charge in [-0.3, -0.25) is 9.59 Å². The highest BCUT2D eigenvalue weighted by molar-refractivity contribution is 5.94. The molecule has 3 rings (SSSR count). The zero-order valence-electron chi connectivity index (χ0n) is 8.94. The fourth-order valence-electron chi connectivity index (χ4n) is 4.23. The Balaban J connectivity index is 1.89. The summed E-state index contributed by atoms with van der Waals surface area (Å²) in [5.41, 5.74) is 0. The molecule has 3 saturated carbocycles. The maximum atomic E-state index is 12.0. The topological polar surface area (TPSA) is 43.4 Å². The zero-order chi connectivity index (χ0) is 10.6. The van der Waals surface area contributed by atoms with Crippen LogP contribution in [-0.4, -0.2) is 18.9 Å². The number of fused-ring (bicyclic) bond motifs is 5. The van der Waals surface area contributed by atoms with E-state index < -0.39 is 0 Å². The quantitative estimate of drug-likeness (QED) is 0.612. The van der Waals surface area contributed by atoms with Gasteiger partial charge in [-0.05, 0) is 31.1 Å². The number of esters is 1. The molecule has 0 unspecified atom stereocenters. The largest absolute Gasteiger partial charge is 0.469 e. The number of ketones is 1. The minimum atomic E-state index is -0.166. The number of carbonyl (C=O) groups excluding carboxylic acids is 2. The second-order valence-corrected chi connectivity index (χ2v) is 5.16. The van der Waals surface area contributed by atoms with Gasteiger partial charge in [0.15, 0.2) is 0 Å². The Labute approximate surface area is 89.2 Å². The first-order valence-corrected chi connectivity index (χ1v) is 5.85. The number of methoxy groups -OCH3 is 1. The molecular formula is C12H16O3. The number of carbonyl (C=O) groups is 2. The van der Waals surface area contributed by atoms with Crippen LogP contribution in [0.5, 0.6) is 0 Å². The monoisotopic (exact) mass is 208 g/mol. The first kappa shape index (κ1) is 9.37. The van der Waals surface area contributed by atoms with E-state index in [1.165, 1.54) is 20.0 Å². The molecule has 3 heteroatoms. The first-order valence-electron chi connectivity index (χ1n) is 5.85. The Kier molecular flexibility index (Phi) is 1.91. The van der Waals surface area contributed by atoms with Gasteiger partial charge in [-0.25, -0.2) is 0 Å². The van der Waals surface area contributed by atoms with E-state index in [9.17, 15) is 9.59 Å². The summed E-state index contributed by atoms with van der Waals surface area (Å²) in [4.78, 5) is 23.6. The van der Waals surface area contributed by atoms with Gasteiger partial charge in [0.1, 0.15) is 5.78 Å². The van der Waals surface area contributed by atoms with Crippen molar-refractivity contribution in [1.29, 1.82) is 0 Å². The Bertz CT molecular complexity index is 323. The van der Waals surface area contributed by atoms with Crippen LogP contribution in [0.4, 0.5) is 0 Å². The van der Waals surface area contributed by atoms with Crippen molar-refractivity contribution in [2.75, 3.05) is 7.11 Å². The summed E-state index contributed by atoms with van der Waals surface area (Å²) < 4.78 is 4.79. The number of ether oxygens (including phenoxy) is 1. The van der Waals surface area contributed by atoms with Crippen molar-refractivity contribution in [1.82, 2.24) is 0 Å². The summed E-state index contributed by atoms with van der Waals surface area (Å²) in [6, 6.07) is 0. The van der Waals surface area contributed by atoms with Crippen LogP contribution in [-0.2, 0) is 14.3 Å². The average molecular weight is 208 g/mol. The molecule has 0 aromatic carbocycles. The number of hydrogen-bond donors (Lipinski definition) is 0. The van der Waals surface area contributed by atoms with Crippen molar-refractivity contribution in [3.8, 4) is 0 Å². The molecule has 82 valence electrons. The Morgan fingerprint density at radius 2 is 2.07 bits per heavy atom. The Morgan fingerprint density at radius 1 is 1.33 bits per heavy atom. The lowest BCUT2D eigenvalue weighted by Crippen LogP contribution is -2.30. The van der Waals surface area contributed by atoms with E-state index in [4.69, 9.17) is 4.74 Å². The lowest BCUT2D eigenvalue weighted by atomic mass is 9.76. The van der Waals surface area contributed by atoms with E-state index in [-0.39, 0.29) is 23.7 Å². The van der Waals surface area contributed by atoms with Crippen molar-refractivity contribution >= 4 is 11.8 Å². The lowest BCUT2D eigenvalue weighted by molar-refractivity contribution is -0.149. The van der Waals surface area contributed by atoms with E-state index >= 15 is 0 Å². The van der Waals surface area contributed by atoms with Gasteiger partial charge in [-0.2, -0.15) is 0 Å².